The third kappa shape index (κ3) is 5.14. The molecule has 0 aliphatic rings. The van der Waals surface area contributed by atoms with E-state index in [1.807, 2.05) is 48.7 Å². The largest absolute Gasteiger partial charge is 0.486 e. The SMILES string of the molecule is Cc1ccsc1CN(C)C(=O)NNC(=O)c1ccc(COc2ccccc2)o1. The summed E-state index contributed by atoms with van der Waals surface area (Å²) in [4.78, 5) is 26.9. The predicted octanol–water partition coefficient (Wildman–Crippen LogP) is 3.71. The van der Waals surface area contributed by atoms with Crippen LogP contribution in [0.15, 0.2) is 58.3 Å². The van der Waals surface area contributed by atoms with Crippen LogP contribution in [0.3, 0.4) is 0 Å². The molecule has 146 valence electrons. The van der Waals surface area contributed by atoms with E-state index in [0.717, 1.165) is 10.4 Å². The number of ether oxygens (including phenoxy) is 1. The van der Waals surface area contributed by atoms with Crippen LogP contribution >= 0.6 is 11.3 Å². The second kappa shape index (κ2) is 9.09. The van der Waals surface area contributed by atoms with E-state index in [2.05, 4.69) is 10.9 Å². The third-order valence-electron chi connectivity index (χ3n) is 3.99. The first-order chi connectivity index (χ1) is 13.5. The molecule has 0 unspecified atom stereocenters. The molecule has 0 fully saturated rings. The van der Waals surface area contributed by atoms with Gasteiger partial charge in [0.1, 0.15) is 18.1 Å². The van der Waals surface area contributed by atoms with Gasteiger partial charge in [-0.15, -0.1) is 11.3 Å². The van der Waals surface area contributed by atoms with Crippen molar-refractivity contribution >= 4 is 23.3 Å². The molecule has 3 aromatic rings. The van der Waals surface area contributed by atoms with Gasteiger partial charge in [0.25, 0.3) is 0 Å². The molecule has 0 spiro atoms. The summed E-state index contributed by atoms with van der Waals surface area (Å²) >= 11 is 1.59. The number of hydrogen-bond donors (Lipinski definition) is 2. The molecule has 28 heavy (non-hydrogen) atoms. The normalized spacial score (nSPS) is 10.4. The molecule has 2 aromatic heterocycles. The second-order valence-corrected chi connectivity index (χ2v) is 7.14. The van der Waals surface area contributed by atoms with Gasteiger partial charge in [0.2, 0.25) is 0 Å². The summed E-state index contributed by atoms with van der Waals surface area (Å²) in [7, 11) is 1.66. The lowest BCUT2D eigenvalue weighted by Gasteiger charge is -2.17. The third-order valence-corrected chi connectivity index (χ3v) is 5.00. The van der Waals surface area contributed by atoms with Crippen molar-refractivity contribution in [2.24, 2.45) is 0 Å². The Morgan fingerprint density at radius 2 is 1.89 bits per heavy atom. The van der Waals surface area contributed by atoms with Crippen molar-refractivity contribution < 1.29 is 18.7 Å². The van der Waals surface area contributed by atoms with Gasteiger partial charge >= 0.3 is 11.9 Å². The number of nitrogens with one attached hydrogen (secondary N) is 2. The zero-order valence-electron chi connectivity index (χ0n) is 15.6. The molecule has 0 saturated heterocycles. The smallest absolute Gasteiger partial charge is 0.336 e. The summed E-state index contributed by atoms with van der Waals surface area (Å²) in [5.41, 5.74) is 5.86. The van der Waals surface area contributed by atoms with Crippen molar-refractivity contribution in [2.45, 2.75) is 20.1 Å². The summed E-state index contributed by atoms with van der Waals surface area (Å²) in [6.45, 7) is 2.66. The fourth-order valence-electron chi connectivity index (χ4n) is 2.37. The molecule has 0 aliphatic heterocycles. The average molecular weight is 399 g/mol. The molecule has 7 nitrogen and oxygen atoms in total. The number of para-hydroxylation sites is 1. The number of amides is 3. The maximum absolute atomic E-state index is 12.2. The molecule has 0 aliphatic carbocycles. The lowest BCUT2D eigenvalue weighted by Crippen LogP contribution is -2.47. The van der Waals surface area contributed by atoms with Crippen molar-refractivity contribution in [3.05, 3.63) is 75.9 Å². The average Bonchev–Trinajstić information content (AvgIpc) is 3.34. The Balaban J connectivity index is 1.46. The summed E-state index contributed by atoms with van der Waals surface area (Å²) in [5, 5.41) is 1.98. The molecule has 0 saturated carbocycles. The van der Waals surface area contributed by atoms with Gasteiger partial charge < -0.3 is 14.1 Å². The summed E-state index contributed by atoms with van der Waals surface area (Å²) in [5.74, 6) is 0.760. The molecule has 8 heteroatoms. The standard InChI is InChI=1S/C20H21N3O4S/c1-14-10-11-28-18(14)12-23(2)20(25)22-21-19(24)17-9-8-16(27-17)13-26-15-6-4-3-5-7-15/h3-11H,12-13H2,1-2H3,(H,21,24)(H,22,25). The van der Waals surface area contributed by atoms with Crippen molar-refractivity contribution in [1.82, 2.24) is 15.8 Å². The summed E-state index contributed by atoms with van der Waals surface area (Å²) in [6.07, 6.45) is 0. The van der Waals surface area contributed by atoms with Gasteiger partial charge in [-0.1, -0.05) is 18.2 Å². The van der Waals surface area contributed by atoms with Crippen LogP contribution in [0.4, 0.5) is 4.79 Å². The van der Waals surface area contributed by atoms with Gasteiger partial charge in [0.15, 0.2) is 5.76 Å². The number of hydrogen-bond acceptors (Lipinski definition) is 5. The summed E-state index contributed by atoms with van der Waals surface area (Å²) in [6, 6.07) is 14.1. The van der Waals surface area contributed by atoms with Crippen molar-refractivity contribution in [3.63, 3.8) is 0 Å². The Labute approximate surface area is 166 Å². The van der Waals surface area contributed by atoms with Gasteiger partial charge in [0, 0.05) is 11.9 Å². The van der Waals surface area contributed by atoms with Crippen molar-refractivity contribution in [3.8, 4) is 5.75 Å². The second-order valence-electron chi connectivity index (χ2n) is 6.13. The molecule has 0 radical (unpaired) electrons. The fourth-order valence-corrected chi connectivity index (χ4v) is 3.33. The number of thiophene rings is 1. The Hall–Kier alpha value is -3.26. The molecule has 0 atom stereocenters. The Morgan fingerprint density at radius 3 is 2.61 bits per heavy atom. The number of hydrazine groups is 1. The van der Waals surface area contributed by atoms with Gasteiger partial charge in [-0.2, -0.15) is 0 Å². The van der Waals surface area contributed by atoms with E-state index in [1.54, 1.807) is 24.5 Å². The van der Waals surface area contributed by atoms with Gasteiger partial charge in [-0.3, -0.25) is 10.2 Å². The minimum absolute atomic E-state index is 0.0868. The number of carbonyl (C=O) groups excluding carboxylic acids is 2. The van der Waals surface area contributed by atoms with Crippen LogP contribution in [0.25, 0.3) is 0 Å². The van der Waals surface area contributed by atoms with E-state index in [0.29, 0.717) is 18.1 Å². The maximum Gasteiger partial charge on any atom is 0.336 e. The lowest BCUT2D eigenvalue weighted by atomic mass is 10.3. The van der Waals surface area contributed by atoms with Crippen molar-refractivity contribution in [2.75, 3.05) is 7.05 Å². The highest BCUT2D eigenvalue weighted by Gasteiger charge is 2.15. The van der Waals surface area contributed by atoms with E-state index < -0.39 is 11.9 Å². The lowest BCUT2D eigenvalue weighted by molar-refractivity contribution is 0.0899. The highest BCUT2D eigenvalue weighted by atomic mass is 32.1. The van der Waals surface area contributed by atoms with Crippen LogP contribution in [0, 0.1) is 6.92 Å². The number of aryl methyl sites for hydroxylation is 1. The Kier molecular flexibility index (Phi) is 6.33. The van der Waals surface area contributed by atoms with Crippen LogP contribution in [0.1, 0.15) is 26.8 Å². The molecule has 3 rings (SSSR count). The van der Waals surface area contributed by atoms with Crippen molar-refractivity contribution in [1.29, 1.82) is 0 Å². The summed E-state index contributed by atoms with van der Waals surface area (Å²) < 4.78 is 11.0. The van der Waals surface area contributed by atoms with Crippen LogP contribution in [-0.4, -0.2) is 23.9 Å². The Morgan fingerprint density at radius 1 is 1.11 bits per heavy atom. The quantitative estimate of drug-likeness (QED) is 0.619. The minimum Gasteiger partial charge on any atom is -0.486 e. The fraction of sp³-hybridized carbons (Fsp3) is 0.200. The topological polar surface area (TPSA) is 83.8 Å². The van der Waals surface area contributed by atoms with Crippen LogP contribution < -0.4 is 15.6 Å². The first kappa shape index (κ1) is 19.5. The van der Waals surface area contributed by atoms with Crippen LogP contribution in [-0.2, 0) is 13.2 Å². The molecule has 1 aromatic carbocycles. The minimum atomic E-state index is -0.542. The highest BCUT2D eigenvalue weighted by Crippen LogP contribution is 2.17. The molecular formula is C20H21N3O4S. The van der Waals surface area contributed by atoms with Gasteiger partial charge in [-0.05, 0) is 48.2 Å². The molecule has 3 amide bonds. The molecule has 2 heterocycles. The number of urea groups is 1. The number of benzene rings is 1. The zero-order valence-corrected chi connectivity index (χ0v) is 16.4. The van der Waals surface area contributed by atoms with E-state index in [4.69, 9.17) is 9.15 Å². The number of furan rings is 1. The predicted molar refractivity (Wildman–Crippen MR) is 106 cm³/mol. The molecular weight excluding hydrogens is 378 g/mol. The van der Waals surface area contributed by atoms with E-state index in [-0.39, 0.29) is 12.4 Å². The first-order valence-corrected chi connectivity index (χ1v) is 9.52. The van der Waals surface area contributed by atoms with E-state index >= 15 is 0 Å². The van der Waals surface area contributed by atoms with E-state index in [1.165, 1.54) is 11.0 Å². The van der Waals surface area contributed by atoms with Gasteiger partial charge in [0.05, 0.1) is 6.54 Å². The number of rotatable bonds is 6. The molecule has 2 N–H and O–H groups in total. The molecule has 0 bridgehead atoms. The maximum atomic E-state index is 12.2. The Bertz CT molecular complexity index is 936. The monoisotopic (exact) mass is 399 g/mol. The number of nitrogens with zero attached hydrogens (tertiary/aromatic N) is 1. The first-order valence-electron chi connectivity index (χ1n) is 8.64. The van der Waals surface area contributed by atoms with Crippen LogP contribution in [0.2, 0.25) is 0 Å². The van der Waals surface area contributed by atoms with Crippen LogP contribution in [0.5, 0.6) is 5.75 Å². The van der Waals surface area contributed by atoms with E-state index in [9.17, 15) is 9.59 Å². The highest BCUT2D eigenvalue weighted by molar-refractivity contribution is 7.10. The number of carbonyl (C=O) groups is 2. The zero-order chi connectivity index (χ0) is 19.9. The van der Waals surface area contributed by atoms with Gasteiger partial charge in [-0.25, -0.2) is 10.2 Å².